The Kier molecular flexibility index (Phi) is 4.65. The second kappa shape index (κ2) is 6.13. The molecule has 21 heavy (non-hydrogen) atoms. The van der Waals surface area contributed by atoms with E-state index in [1.165, 1.54) is 0 Å². The fraction of sp³-hybridized carbons (Fsp3) is 0.250. The van der Waals surface area contributed by atoms with Crippen LogP contribution in [0.2, 0.25) is 0 Å². The Morgan fingerprint density at radius 2 is 1.00 bits per heavy atom. The van der Waals surface area contributed by atoms with Gasteiger partial charge in [-0.25, -0.2) is 4.57 Å². The smallest absolute Gasteiger partial charge is 0.405 e. The molecule has 2 aromatic rings. The molecule has 0 amide bonds. The summed E-state index contributed by atoms with van der Waals surface area (Å²) in [5, 5.41) is 0. The van der Waals surface area contributed by atoms with Crippen molar-refractivity contribution in [2.75, 3.05) is 0 Å². The molecule has 0 unspecified atom stereocenters. The minimum atomic E-state index is -3.74. The summed E-state index contributed by atoms with van der Waals surface area (Å²) in [6.07, 6.45) is 0. The van der Waals surface area contributed by atoms with E-state index in [-0.39, 0.29) is 0 Å². The highest BCUT2D eigenvalue weighted by Crippen LogP contribution is 2.53. The molecule has 0 fully saturated rings. The van der Waals surface area contributed by atoms with Crippen LogP contribution < -0.4 is 9.05 Å². The Hall–Kier alpha value is -1.44. The van der Waals surface area contributed by atoms with Crippen molar-refractivity contribution < 1.29 is 13.6 Å². The number of rotatable bonds is 4. The number of hydrogen-bond acceptors (Lipinski definition) is 3. The van der Waals surface area contributed by atoms with E-state index in [4.69, 9.17) is 20.3 Å². The van der Waals surface area contributed by atoms with Gasteiger partial charge in [-0.3, -0.25) is 0 Å². The summed E-state index contributed by atoms with van der Waals surface area (Å²) in [6, 6.07) is 11.1. The predicted octanol–water partition coefficient (Wildman–Crippen LogP) is 5.72. The maximum atomic E-state index is 12.3. The second-order valence-corrected chi connectivity index (χ2v) is 7.73. The van der Waals surface area contributed by atoms with E-state index in [9.17, 15) is 4.57 Å². The van der Waals surface area contributed by atoms with Crippen LogP contribution in [0.25, 0.3) is 0 Å². The van der Waals surface area contributed by atoms with Gasteiger partial charge in [0, 0.05) is 11.2 Å². The lowest BCUT2D eigenvalue weighted by Gasteiger charge is -2.15. The van der Waals surface area contributed by atoms with Crippen LogP contribution in [0.5, 0.6) is 11.5 Å². The molecule has 0 N–H and O–H groups in total. The van der Waals surface area contributed by atoms with E-state index in [1.54, 1.807) is 24.3 Å². The van der Waals surface area contributed by atoms with Crippen LogP contribution in [-0.2, 0) is 4.57 Å². The van der Waals surface area contributed by atoms with Gasteiger partial charge < -0.3 is 9.05 Å². The molecule has 3 nitrogen and oxygen atoms in total. The summed E-state index contributed by atoms with van der Waals surface area (Å²) in [6.45, 7) is 3.99. The van der Waals surface area contributed by atoms with Crippen LogP contribution in [-0.4, -0.2) is 0 Å². The first-order valence-corrected chi connectivity index (χ1v) is 9.04. The van der Waals surface area contributed by atoms with Gasteiger partial charge in [0.2, 0.25) is 0 Å². The van der Waals surface area contributed by atoms with Crippen molar-refractivity contribution in [2.45, 2.75) is 27.7 Å². The van der Waals surface area contributed by atoms with Gasteiger partial charge in [0.25, 0.3) is 0 Å². The molecule has 0 aromatic heterocycles. The summed E-state index contributed by atoms with van der Waals surface area (Å²) in [7, 11) is 0. The Morgan fingerprint density at radius 3 is 1.29 bits per heavy atom. The van der Waals surface area contributed by atoms with Crippen LogP contribution in [0.15, 0.2) is 36.4 Å². The highest BCUT2D eigenvalue weighted by Gasteiger charge is 2.25. The first-order valence-electron chi connectivity index (χ1n) is 6.59. The molecule has 0 saturated carbocycles. The predicted molar refractivity (Wildman–Crippen MR) is 86.5 cm³/mol. The van der Waals surface area contributed by atoms with Crippen LogP contribution >= 0.6 is 18.2 Å². The number of halogens is 1. The lowest BCUT2D eigenvalue weighted by atomic mass is 10.1. The third-order valence-corrected chi connectivity index (χ3v) is 4.09. The van der Waals surface area contributed by atoms with Crippen LogP contribution in [0, 0.1) is 27.7 Å². The van der Waals surface area contributed by atoms with Gasteiger partial charge in [0.05, 0.1) is 0 Å². The van der Waals surface area contributed by atoms with Crippen molar-refractivity contribution in [1.29, 1.82) is 0 Å². The monoisotopic (exact) mass is 324 g/mol. The van der Waals surface area contributed by atoms with Gasteiger partial charge in [-0.2, -0.15) is 0 Å². The summed E-state index contributed by atoms with van der Waals surface area (Å²) >= 11 is 5.93. The molecule has 0 bridgehead atoms. The highest BCUT2D eigenvalue weighted by molar-refractivity contribution is 7.82. The molecule has 0 atom stereocenters. The van der Waals surface area contributed by atoms with Crippen molar-refractivity contribution in [2.24, 2.45) is 0 Å². The van der Waals surface area contributed by atoms with E-state index in [1.807, 2.05) is 39.8 Å². The fourth-order valence-electron chi connectivity index (χ4n) is 2.24. The summed E-state index contributed by atoms with van der Waals surface area (Å²) in [4.78, 5) is 0. The van der Waals surface area contributed by atoms with Crippen molar-refractivity contribution >= 4 is 18.2 Å². The molecule has 112 valence electrons. The molecule has 0 saturated heterocycles. The van der Waals surface area contributed by atoms with E-state index >= 15 is 0 Å². The fourth-order valence-corrected chi connectivity index (χ4v) is 3.47. The molecule has 0 spiro atoms. The molecule has 2 rings (SSSR count). The van der Waals surface area contributed by atoms with Crippen molar-refractivity contribution in [3.05, 3.63) is 58.7 Å². The Bertz CT molecular complexity index is 615. The molecule has 0 aliphatic rings. The van der Waals surface area contributed by atoms with E-state index in [0.29, 0.717) is 11.5 Å². The molecular weight excluding hydrogens is 307 g/mol. The van der Waals surface area contributed by atoms with E-state index in [2.05, 4.69) is 0 Å². The zero-order chi connectivity index (χ0) is 15.6. The molecule has 2 aromatic carbocycles. The lowest BCUT2D eigenvalue weighted by molar-refractivity contribution is 0.406. The molecule has 5 heteroatoms. The van der Waals surface area contributed by atoms with Crippen LogP contribution in [0.3, 0.4) is 0 Å². The van der Waals surface area contributed by atoms with Crippen LogP contribution in [0.1, 0.15) is 22.3 Å². The van der Waals surface area contributed by atoms with Crippen molar-refractivity contribution in [1.82, 2.24) is 0 Å². The normalized spacial score (nSPS) is 11.3. The molecule has 0 heterocycles. The molecular formula is C16H18ClO3P. The largest absolute Gasteiger partial charge is 0.530 e. The standard InChI is InChI=1S/C16H18ClO3P/c1-11-5-12(2)8-15(7-11)19-21(17,18)20-16-9-13(3)6-14(4)10-16/h5-10H,1-4H3. The summed E-state index contributed by atoms with van der Waals surface area (Å²) in [5.74, 6) is 0.880. The minimum absolute atomic E-state index is 0.440. The van der Waals surface area contributed by atoms with Crippen LogP contribution in [0.4, 0.5) is 0 Å². The highest BCUT2D eigenvalue weighted by atomic mass is 35.7. The second-order valence-electron chi connectivity index (χ2n) is 5.26. The SMILES string of the molecule is Cc1cc(C)cc(OP(=O)(Cl)Oc2cc(C)cc(C)c2)c1. The molecule has 0 aliphatic carbocycles. The maximum Gasteiger partial charge on any atom is 0.530 e. The Balaban J connectivity index is 2.20. The van der Waals surface area contributed by atoms with Crippen molar-refractivity contribution in [3.63, 3.8) is 0 Å². The average molecular weight is 325 g/mol. The number of benzene rings is 2. The van der Waals surface area contributed by atoms with E-state index < -0.39 is 6.95 Å². The third kappa shape index (κ3) is 4.80. The number of hydrogen-bond donors (Lipinski definition) is 0. The lowest BCUT2D eigenvalue weighted by Crippen LogP contribution is -1.96. The molecule has 0 aliphatic heterocycles. The maximum absolute atomic E-state index is 12.3. The molecule has 0 radical (unpaired) electrons. The van der Waals surface area contributed by atoms with Crippen molar-refractivity contribution in [3.8, 4) is 11.5 Å². The van der Waals surface area contributed by atoms with E-state index in [0.717, 1.165) is 22.3 Å². The van der Waals surface area contributed by atoms with Gasteiger partial charge in [-0.1, -0.05) is 12.1 Å². The Morgan fingerprint density at radius 1 is 0.714 bits per heavy atom. The van der Waals surface area contributed by atoms with Gasteiger partial charge in [-0.05, 0) is 74.2 Å². The number of aryl methyl sites for hydroxylation is 4. The topological polar surface area (TPSA) is 35.5 Å². The average Bonchev–Trinajstić information content (AvgIpc) is 2.23. The van der Waals surface area contributed by atoms with Gasteiger partial charge in [0.15, 0.2) is 0 Å². The van der Waals surface area contributed by atoms with Gasteiger partial charge in [-0.15, -0.1) is 0 Å². The quantitative estimate of drug-likeness (QED) is 0.674. The first kappa shape index (κ1) is 15.9. The minimum Gasteiger partial charge on any atom is -0.405 e. The Labute approximate surface area is 130 Å². The first-order chi connectivity index (χ1) is 9.73. The zero-order valence-electron chi connectivity index (χ0n) is 12.5. The summed E-state index contributed by atoms with van der Waals surface area (Å²) < 4.78 is 23.0. The van der Waals surface area contributed by atoms with Gasteiger partial charge >= 0.3 is 6.95 Å². The summed E-state index contributed by atoms with van der Waals surface area (Å²) in [5.41, 5.74) is 4.03. The third-order valence-electron chi connectivity index (χ3n) is 2.82. The van der Waals surface area contributed by atoms with Gasteiger partial charge in [0.1, 0.15) is 11.5 Å². The zero-order valence-corrected chi connectivity index (χ0v) is 14.2.